The van der Waals surface area contributed by atoms with Crippen LogP contribution >= 0.6 is 11.8 Å². The van der Waals surface area contributed by atoms with Crippen LogP contribution in [-0.4, -0.2) is 16.6 Å². The lowest BCUT2D eigenvalue weighted by Crippen LogP contribution is -2.24. The summed E-state index contributed by atoms with van der Waals surface area (Å²) in [5.74, 6) is 2.53. The highest BCUT2D eigenvalue weighted by Gasteiger charge is 2.12. The zero-order valence-electron chi connectivity index (χ0n) is 15.7. The van der Waals surface area contributed by atoms with Gasteiger partial charge in [-0.3, -0.25) is 4.79 Å². The molecule has 1 N–H and O–H groups in total. The molecular weight excluding hydrogens is 356 g/mol. The van der Waals surface area contributed by atoms with Gasteiger partial charge >= 0.3 is 0 Å². The first-order valence-electron chi connectivity index (χ1n) is 9.09. The predicted octanol–water partition coefficient (Wildman–Crippen LogP) is 4.76. The van der Waals surface area contributed by atoms with E-state index >= 15 is 0 Å². The first-order chi connectivity index (χ1) is 13.2. The fraction of sp³-hybridized carbons (Fsp3) is 0.273. The summed E-state index contributed by atoms with van der Waals surface area (Å²) < 4.78 is 5.81. The molecule has 1 amide bonds. The molecule has 0 radical (unpaired) electrons. The van der Waals surface area contributed by atoms with Gasteiger partial charge in [0.15, 0.2) is 0 Å². The van der Waals surface area contributed by atoms with E-state index in [-0.39, 0.29) is 5.91 Å². The maximum absolute atomic E-state index is 12.0. The Morgan fingerprint density at radius 2 is 1.81 bits per heavy atom. The van der Waals surface area contributed by atoms with E-state index < -0.39 is 0 Å². The molecule has 0 fully saturated rings. The zero-order chi connectivity index (χ0) is 19.1. The fourth-order valence-electron chi connectivity index (χ4n) is 2.66. The van der Waals surface area contributed by atoms with Gasteiger partial charge in [0.1, 0.15) is 5.76 Å². The van der Waals surface area contributed by atoms with Crippen LogP contribution in [0.3, 0.4) is 0 Å². The van der Waals surface area contributed by atoms with E-state index in [2.05, 4.69) is 29.4 Å². The Morgan fingerprint density at radius 1 is 1.07 bits per heavy atom. The van der Waals surface area contributed by atoms with Gasteiger partial charge in [-0.05, 0) is 36.6 Å². The second kappa shape index (κ2) is 9.42. The summed E-state index contributed by atoms with van der Waals surface area (Å²) in [7, 11) is 0. The van der Waals surface area contributed by atoms with Crippen molar-refractivity contribution >= 4 is 17.7 Å². The Labute approximate surface area is 164 Å². The van der Waals surface area contributed by atoms with Gasteiger partial charge in [0, 0.05) is 17.9 Å². The highest BCUT2D eigenvalue weighted by Crippen LogP contribution is 2.24. The standard InChI is InChI=1S/C22H24N2O2S/c1-3-17-9-11-19(12-10-17)22-24-20(16(2)26-22)14-27-15-21(25)23-13-18-7-5-4-6-8-18/h4-12H,3,13-15H2,1-2H3,(H,23,25). The summed E-state index contributed by atoms with van der Waals surface area (Å²) in [6.07, 6.45) is 1.01. The minimum absolute atomic E-state index is 0.0281. The number of hydrogen-bond donors (Lipinski definition) is 1. The van der Waals surface area contributed by atoms with Crippen molar-refractivity contribution in [2.75, 3.05) is 5.75 Å². The third kappa shape index (κ3) is 5.47. The highest BCUT2D eigenvalue weighted by molar-refractivity contribution is 7.99. The number of nitrogens with zero attached hydrogens (tertiary/aromatic N) is 1. The van der Waals surface area contributed by atoms with Crippen molar-refractivity contribution in [2.45, 2.75) is 32.6 Å². The normalized spacial score (nSPS) is 10.7. The van der Waals surface area contributed by atoms with Gasteiger partial charge in [0.25, 0.3) is 0 Å². The molecule has 4 nitrogen and oxygen atoms in total. The van der Waals surface area contributed by atoms with Crippen molar-refractivity contribution < 1.29 is 9.21 Å². The molecule has 0 bridgehead atoms. The summed E-state index contributed by atoms with van der Waals surface area (Å²) in [5, 5.41) is 2.94. The van der Waals surface area contributed by atoms with Crippen molar-refractivity contribution in [2.24, 2.45) is 0 Å². The van der Waals surface area contributed by atoms with Crippen LogP contribution in [0.2, 0.25) is 0 Å². The minimum atomic E-state index is 0.0281. The Balaban J connectivity index is 1.49. The molecule has 5 heteroatoms. The second-order valence-electron chi connectivity index (χ2n) is 6.33. The Bertz CT molecular complexity index is 873. The van der Waals surface area contributed by atoms with Crippen LogP contribution in [0.1, 0.15) is 29.5 Å². The van der Waals surface area contributed by atoms with Crippen LogP contribution in [0.5, 0.6) is 0 Å². The molecule has 0 aliphatic carbocycles. The SMILES string of the molecule is CCc1ccc(-c2nc(CSCC(=O)NCc3ccccc3)c(C)o2)cc1. The number of nitrogens with one attached hydrogen (secondary N) is 1. The molecule has 0 aliphatic heterocycles. The summed E-state index contributed by atoms with van der Waals surface area (Å²) in [6, 6.07) is 18.2. The topological polar surface area (TPSA) is 55.1 Å². The van der Waals surface area contributed by atoms with Crippen LogP contribution in [0, 0.1) is 6.92 Å². The molecule has 0 saturated heterocycles. The summed E-state index contributed by atoms with van der Waals surface area (Å²) in [4.78, 5) is 16.6. The number of benzene rings is 2. The number of thioether (sulfide) groups is 1. The van der Waals surface area contributed by atoms with E-state index in [1.807, 2.05) is 49.4 Å². The third-order valence-corrected chi connectivity index (χ3v) is 5.25. The first-order valence-corrected chi connectivity index (χ1v) is 10.2. The zero-order valence-corrected chi connectivity index (χ0v) is 16.5. The van der Waals surface area contributed by atoms with Gasteiger partial charge in [0.05, 0.1) is 11.4 Å². The monoisotopic (exact) mass is 380 g/mol. The molecule has 0 unspecified atom stereocenters. The van der Waals surface area contributed by atoms with E-state index in [1.165, 1.54) is 5.56 Å². The van der Waals surface area contributed by atoms with Crippen molar-refractivity contribution in [1.29, 1.82) is 0 Å². The van der Waals surface area contributed by atoms with E-state index in [4.69, 9.17) is 4.42 Å². The summed E-state index contributed by atoms with van der Waals surface area (Å²) >= 11 is 1.54. The number of carbonyl (C=O) groups is 1. The number of amides is 1. The maximum atomic E-state index is 12.0. The lowest BCUT2D eigenvalue weighted by molar-refractivity contribution is -0.118. The number of aromatic nitrogens is 1. The van der Waals surface area contributed by atoms with Gasteiger partial charge in [-0.2, -0.15) is 0 Å². The summed E-state index contributed by atoms with van der Waals surface area (Å²) in [6.45, 7) is 4.61. The van der Waals surface area contributed by atoms with Gasteiger partial charge < -0.3 is 9.73 Å². The van der Waals surface area contributed by atoms with E-state index in [0.717, 1.165) is 29.0 Å². The molecule has 140 valence electrons. The molecular formula is C22H24N2O2S. The highest BCUT2D eigenvalue weighted by atomic mass is 32.2. The lowest BCUT2D eigenvalue weighted by Gasteiger charge is -2.04. The van der Waals surface area contributed by atoms with E-state index in [9.17, 15) is 4.79 Å². The predicted molar refractivity (Wildman–Crippen MR) is 111 cm³/mol. The smallest absolute Gasteiger partial charge is 0.230 e. The Hall–Kier alpha value is -2.53. The van der Waals surface area contributed by atoms with Crippen molar-refractivity contribution in [1.82, 2.24) is 10.3 Å². The molecule has 0 aliphatic rings. The molecule has 1 aromatic heterocycles. The van der Waals surface area contributed by atoms with Gasteiger partial charge in [-0.15, -0.1) is 11.8 Å². The number of oxazole rings is 1. The van der Waals surface area contributed by atoms with Crippen molar-refractivity contribution in [3.8, 4) is 11.5 Å². The third-order valence-electron chi connectivity index (χ3n) is 4.31. The number of rotatable bonds is 8. The number of aryl methyl sites for hydroxylation is 2. The van der Waals surface area contributed by atoms with Crippen LogP contribution in [0.4, 0.5) is 0 Å². The van der Waals surface area contributed by atoms with E-state index in [1.54, 1.807) is 11.8 Å². The van der Waals surface area contributed by atoms with Crippen LogP contribution in [-0.2, 0) is 23.5 Å². The molecule has 3 aromatic rings. The number of carbonyl (C=O) groups excluding carboxylic acids is 1. The second-order valence-corrected chi connectivity index (χ2v) is 7.31. The Morgan fingerprint density at radius 3 is 2.52 bits per heavy atom. The molecule has 0 saturated carbocycles. The average molecular weight is 381 g/mol. The van der Waals surface area contributed by atoms with Crippen molar-refractivity contribution in [3.63, 3.8) is 0 Å². The average Bonchev–Trinajstić information content (AvgIpc) is 3.08. The largest absolute Gasteiger partial charge is 0.441 e. The molecule has 3 rings (SSSR count). The van der Waals surface area contributed by atoms with Crippen molar-refractivity contribution in [3.05, 3.63) is 77.2 Å². The molecule has 0 atom stereocenters. The van der Waals surface area contributed by atoms with E-state index in [0.29, 0.717) is 23.9 Å². The molecule has 1 heterocycles. The quantitative estimate of drug-likeness (QED) is 0.612. The van der Waals surface area contributed by atoms with Gasteiger partial charge in [-0.25, -0.2) is 4.98 Å². The van der Waals surface area contributed by atoms with Gasteiger partial charge in [0.2, 0.25) is 11.8 Å². The fourth-order valence-corrected chi connectivity index (χ4v) is 3.51. The minimum Gasteiger partial charge on any atom is -0.441 e. The number of hydrogen-bond acceptors (Lipinski definition) is 4. The molecule has 27 heavy (non-hydrogen) atoms. The van der Waals surface area contributed by atoms with Crippen LogP contribution in [0.15, 0.2) is 59.0 Å². The summed E-state index contributed by atoms with van der Waals surface area (Å²) in [5.41, 5.74) is 4.26. The Kier molecular flexibility index (Phi) is 6.71. The molecule has 0 spiro atoms. The van der Waals surface area contributed by atoms with Crippen LogP contribution < -0.4 is 5.32 Å². The lowest BCUT2D eigenvalue weighted by atomic mass is 10.1. The van der Waals surface area contributed by atoms with Crippen LogP contribution in [0.25, 0.3) is 11.5 Å². The van der Waals surface area contributed by atoms with Gasteiger partial charge in [-0.1, -0.05) is 49.4 Å². The molecule has 2 aromatic carbocycles. The maximum Gasteiger partial charge on any atom is 0.230 e. The first kappa shape index (κ1) is 19.2.